The van der Waals surface area contributed by atoms with E-state index in [0.717, 1.165) is 18.8 Å². The molecule has 3 saturated heterocycles. The van der Waals surface area contributed by atoms with Gasteiger partial charge >= 0.3 is 0 Å². The van der Waals surface area contributed by atoms with Crippen molar-refractivity contribution in [3.8, 4) is 0 Å². The van der Waals surface area contributed by atoms with Gasteiger partial charge in [-0.05, 0) is 57.4 Å². The van der Waals surface area contributed by atoms with Crippen LogP contribution in [0.4, 0.5) is 0 Å². The predicted molar refractivity (Wildman–Crippen MR) is 83.0 cm³/mol. The highest BCUT2D eigenvalue weighted by Gasteiger charge is 2.40. The molecule has 0 spiro atoms. The van der Waals surface area contributed by atoms with Crippen molar-refractivity contribution in [2.75, 3.05) is 13.1 Å². The van der Waals surface area contributed by atoms with Crippen molar-refractivity contribution in [2.24, 2.45) is 5.92 Å². The maximum atomic E-state index is 12.6. The molecule has 3 aliphatic heterocycles. The summed E-state index contributed by atoms with van der Waals surface area (Å²) in [6.45, 7) is 2.42. The summed E-state index contributed by atoms with van der Waals surface area (Å²) in [5, 5.41) is 7.04. The van der Waals surface area contributed by atoms with Crippen LogP contribution in [0.25, 0.3) is 0 Å². The average Bonchev–Trinajstić information content (AvgIpc) is 3.12. The van der Waals surface area contributed by atoms with Crippen molar-refractivity contribution in [3.05, 3.63) is 0 Å². The van der Waals surface area contributed by atoms with Crippen LogP contribution >= 0.6 is 0 Å². The molecule has 21 heavy (non-hydrogen) atoms. The number of carbonyl (C=O) groups is 1. The Morgan fingerprint density at radius 3 is 2.81 bits per heavy atom. The van der Waals surface area contributed by atoms with Crippen molar-refractivity contribution < 1.29 is 4.79 Å². The van der Waals surface area contributed by atoms with Crippen molar-refractivity contribution in [1.29, 1.82) is 0 Å². The van der Waals surface area contributed by atoms with Gasteiger partial charge in [-0.3, -0.25) is 9.69 Å². The van der Waals surface area contributed by atoms with Crippen LogP contribution in [0.5, 0.6) is 0 Å². The van der Waals surface area contributed by atoms with Gasteiger partial charge in [0.25, 0.3) is 0 Å². The van der Waals surface area contributed by atoms with Gasteiger partial charge in [0.15, 0.2) is 0 Å². The molecule has 4 aliphatic rings. The Labute approximate surface area is 128 Å². The summed E-state index contributed by atoms with van der Waals surface area (Å²) in [6.07, 6.45) is 11.4. The van der Waals surface area contributed by atoms with Gasteiger partial charge in [-0.1, -0.05) is 12.8 Å². The molecular formula is C17H29N3O. The van der Waals surface area contributed by atoms with Gasteiger partial charge in [0.05, 0.1) is 6.04 Å². The maximum Gasteiger partial charge on any atom is 0.237 e. The molecule has 0 aromatic carbocycles. The van der Waals surface area contributed by atoms with Crippen LogP contribution in [0.1, 0.15) is 57.8 Å². The normalized spacial score (nSPS) is 43.3. The lowest BCUT2D eigenvalue weighted by Gasteiger charge is -2.40. The average molecular weight is 291 g/mol. The SMILES string of the molecule is O=C(NC1CCN2CCCC12)C1CCC2CCCCC2N1. The third-order valence-corrected chi connectivity index (χ3v) is 6.40. The zero-order valence-corrected chi connectivity index (χ0v) is 13.0. The minimum atomic E-state index is 0.0693. The van der Waals surface area contributed by atoms with Crippen molar-refractivity contribution >= 4 is 5.91 Å². The molecule has 4 nitrogen and oxygen atoms in total. The molecular weight excluding hydrogens is 262 g/mol. The van der Waals surface area contributed by atoms with Crippen LogP contribution in [0.3, 0.4) is 0 Å². The lowest BCUT2D eigenvalue weighted by molar-refractivity contribution is -0.125. The number of fused-ring (bicyclic) bond motifs is 2. The van der Waals surface area contributed by atoms with E-state index in [4.69, 9.17) is 0 Å². The first-order valence-corrected chi connectivity index (χ1v) is 9.12. The number of amides is 1. The van der Waals surface area contributed by atoms with E-state index in [1.165, 1.54) is 58.0 Å². The zero-order chi connectivity index (χ0) is 14.2. The number of nitrogens with zero attached hydrogens (tertiary/aromatic N) is 1. The number of nitrogens with one attached hydrogen (secondary N) is 2. The van der Waals surface area contributed by atoms with E-state index in [2.05, 4.69) is 15.5 Å². The number of rotatable bonds is 2. The largest absolute Gasteiger partial charge is 0.350 e. The molecule has 5 atom stereocenters. The Morgan fingerprint density at radius 1 is 0.952 bits per heavy atom. The summed E-state index contributed by atoms with van der Waals surface area (Å²) in [5.41, 5.74) is 0. The fourth-order valence-electron chi connectivity index (χ4n) is 5.24. The molecule has 5 unspecified atom stereocenters. The molecule has 1 aliphatic carbocycles. The summed E-state index contributed by atoms with van der Waals surface area (Å²) in [5.74, 6) is 1.11. The fourth-order valence-corrected chi connectivity index (χ4v) is 5.24. The van der Waals surface area contributed by atoms with E-state index >= 15 is 0 Å². The molecule has 0 bridgehead atoms. The van der Waals surface area contributed by atoms with E-state index in [0.29, 0.717) is 18.1 Å². The van der Waals surface area contributed by atoms with E-state index in [-0.39, 0.29) is 11.9 Å². The Kier molecular flexibility index (Phi) is 3.92. The van der Waals surface area contributed by atoms with Gasteiger partial charge in [0.2, 0.25) is 5.91 Å². The van der Waals surface area contributed by atoms with Gasteiger partial charge in [-0.2, -0.15) is 0 Å². The molecule has 118 valence electrons. The first-order chi connectivity index (χ1) is 10.3. The van der Waals surface area contributed by atoms with E-state index in [9.17, 15) is 4.79 Å². The second-order valence-corrected chi connectivity index (χ2v) is 7.60. The molecule has 4 fully saturated rings. The van der Waals surface area contributed by atoms with Gasteiger partial charge in [-0.25, -0.2) is 0 Å². The smallest absolute Gasteiger partial charge is 0.237 e. The minimum absolute atomic E-state index is 0.0693. The molecule has 4 heteroatoms. The van der Waals surface area contributed by atoms with Crippen LogP contribution < -0.4 is 10.6 Å². The monoisotopic (exact) mass is 291 g/mol. The highest BCUT2D eigenvalue weighted by Crippen LogP contribution is 2.33. The third-order valence-electron chi connectivity index (χ3n) is 6.40. The summed E-state index contributed by atoms with van der Waals surface area (Å²) in [6, 6.07) is 1.71. The van der Waals surface area contributed by atoms with Crippen molar-refractivity contribution in [2.45, 2.75) is 82.0 Å². The van der Waals surface area contributed by atoms with E-state index in [1.807, 2.05) is 0 Å². The standard InChI is InChI=1S/C17H29N3O/c21-17(19-14-9-11-20-10-3-6-16(14)20)15-8-7-12-4-1-2-5-13(12)18-15/h12-16,18H,1-11H2,(H,19,21). The second-order valence-electron chi connectivity index (χ2n) is 7.60. The molecule has 0 aromatic heterocycles. The van der Waals surface area contributed by atoms with E-state index < -0.39 is 0 Å². The van der Waals surface area contributed by atoms with Gasteiger partial charge in [0, 0.05) is 24.7 Å². The highest BCUT2D eigenvalue weighted by molar-refractivity contribution is 5.82. The Morgan fingerprint density at radius 2 is 1.86 bits per heavy atom. The van der Waals surface area contributed by atoms with Gasteiger partial charge < -0.3 is 10.6 Å². The third kappa shape index (κ3) is 2.72. The minimum Gasteiger partial charge on any atom is -0.350 e. The first-order valence-electron chi connectivity index (χ1n) is 9.12. The molecule has 0 radical (unpaired) electrons. The number of hydrogen-bond donors (Lipinski definition) is 2. The predicted octanol–water partition coefficient (Wildman–Crippen LogP) is 1.65. The summed E-state index contributed by atoms with van der Waals surface area (Å²) in [7, 11) is 0. The molecule has 2 N–H and O–H groups in total. The van der Waals surface area contributed by atoms with Gasteiger partial charge in [0.1, 0.15) is 0 Å². The Bertz CT molecular complexity index is 399. The number of hydrogen-bond acceptors (Lipinski definition) is 3. The van der Waals surface area contributed by atoms with Gasteiger partial charge in [-0.15, -0.1) is 0 Å². The van der Waals surface area contributed by atoms with E-state index in [1.54, 1.807) is 0 Å². The maximum absolute atomic E-state index is 12.6. The van der Waals surface area contributed by atoms with Crippen LogP contribution in [0.15, 0.2) is 0 Å². The molecule has 3 heterocycles. The van der Waals surface area contributed by atoms with Crippen LogP contribution in [0.2, 0.25) is 0 Å². The van der Waals surface area contributed by atoms with Crippen LogP contribution in [-0.4, -0.2) is 48.1 Å². The fraction of sp³-hybridized carbons (Fsp3) is 0.941. The summed E-state index contributed by atoms with van der Waals surface area (Å²) < 4.78 is 0. The Hall–Kier alpha value is -0.610. The molecule has 0 aromatic rings. The van der Waals surface area contributed by atoms with Crippen molar-refractivity contribution in [3.63, 3.8) is 0 Å². The topological polar surface area (TPSA) is 44.4 Å². The number of carbonyl (C=O) groups excluding carboxylic acids is 1. The van der Waals surface area contributed by atoms with Crippen LogP contribution in [-0.2, 0) is 4.79 Å². The Balaban J connectivity index is 1.33. The summed E-state index contributed by atoms with van der Waals surface area (Å²) in [4.78, 5) is 15.2. The highest BCUT2D eigenvalue weighted by atomic mass is 16.2. The molecule has 1 saturated carbocycles. The summed E-state index contributed by atoms with van der Waals surface area (Å²) >= 11 is 0. The molecule has 4 rings (SSSR count). The number of piperidine rings is 1. The lowest BCUT2D eigenvalue weighted by atomic mass is 9.77. The lowest BCUT2D eigenvalue weighted by Crippen LogP contribution is -2.57. The molecule has 1 amide bonds. The van der Waals surface area contributed by atoms with Crippen LogP contribution in [0, 0.1) is 5.92 Å². The van der Waals surface area contributed by atoms with Crippen molar-refractivity contribution in [1.82, 2.24) is 15.5 Å². The second kappa shape index (κ2) is 5.88. The quantitative estimate of drug-likeness (QED) is 0.813. The zero-order valence-electron chi connectivity index (χ0n) is 13.0. The first kappa shape index (κ1) is 14.0.